The average Bonchev–Trinajstić information content (AvgIpc) is 3.11. The normalized spacial score (nSPS) is 23.4. The van der Waals surface area contributed by atoms with Crippen LogP contribution in [0.2, 0.25) is 0 Å². The Labute approximate surface area is 195 Å². The molecule has 5 rings (SSSR count). The highest BCUT2D eigenvalue weighted by Crippen LogP contribution is 2.44. The number of aryl methyl sites for hydroxylation is 1. The molecule has 2 fully saturated rings. The Hall–Kier alpha value is -2.98. The highest BCUT2D eigenvalue weighted by molar-refractivity contribution is 5.97. The lowest BCUT2D eigenvalue weighted by molar-refractivity contribution is -0.117. The van der Waals surface area contributed by atoms with E-state index in [1.54, 1.807) is 6.07 Å². The van der Waals surface area contributed by atoms with Gasteiger partial charge in [-0.25, -0.2) is 4.39 Å². The maximum Gasteiger partial charge on any atom is 0.227 e. The number of carbonyl (C=O) groups excluding carboxylic acids is 1. The van der Waals surface area contributed by atoms with Gasteiger partial charge in [-0.1, -0.05) is 48.5 Å². The third-order valence-corrected chi connectivity index (χ3v) is 7.53. The molecular formula is C29H31FN2O. The van der Waals surface area contributed by atoms with Crippen molar-refractivity contribution >= 4 is 11.6 Å². The largest absolute Gasteiger partial charge is 0.306 e. The summed E-state index contributed by atoms with van der Waals surface area (Å²) in [5.74, 6) is -0.173. The molecule has 3 aromatic rings. The van der Waals surface area contributed by atoms with Crippen molar-refractivity contribution in [2.75, 3.05) is 11.4 Å². The highest BCUT2D eigenvalue weighted by Gasteiger charge is 2.49. The SMILES string of the molecule is Cc1ccccc1-c1cccc(CN2CC[C@]3(CCC(=O)N3c3cccc(F)c3)C[C@@H]2C)c1. The van der Waals surface area contributed by atoms with E-state index in [-0.39, 0.29) is 17.3 Å². The molecule has 2 aliphatic heterocycles. The van der Waals surface area contributed by atoms with Crippen LogP contribution in [0, 0.1) is 12.7 Å². The molecule has 0 radical (unpaired) electrons. The maximum atomic E-state index is 13.9. The molecule has 0 unspecified atom stereocenters. The average molecular weight is 443 g/mol. The van der Waals surface area contributed by atoms with Crippen molar-refractivity contribution in [3.63, 3.8) is 0 Å². The molecule has 170 valence electrons. The predicted molar refractivity (Wildman–Crippen MR) is 132 cm³/mol. The number of hydrogen-bond donors (Lipinski definition) is 0. The molecular weight excluding hydrogens is 411 g/mol. The molecule has 33 heavy (non-hydrogen) atoms. The van der Waals surface area contributed by atoms with Gasteiger partial charge in [0.15, 0.2) is 0 Å². The van der Waals surface area contributed by atoms with Gasteiger partial charge in [0.25, 0.3) is 0 Å². The summed E-state index contributed by atoms with van der Waals surface area (Å²) in [6, 6.07) is 24.2. The van der Waals surface area contributed by atoms with Crippen molar-refractivity contribution in [2.45, 2.75) is 57.7 Å². The molecule has 4 heteroatoms. The van der Waals surface area contributed by atoms with E-state index in [1.165, 1.54) is 34.4 Å². The van der Waals surface area contributed by atoms with Gasteiger partial charge in [0.05, 0.1) is 5.54 Å². The topological polar surface area (TPSA) is 23.6 Å². The summed E-state index contributed by atoms with van der Waals surface area (Å²) in [7, 11) is 0. The first-order valence-corrected chi connectivity index (χ1v) is 11.9. The molecule has 0 saturated carbocycles. The summed E-state index contributed by atoms with van der Waals surface area (Å²) >= 11 is 0. The number of rotatable bonds is 4. The van der Waals surface area contributed by atoms with E-state index < -0.39 is 0 Å². The smallest absolute Gasteiger partial charge is 0.227 e. The van der Waals surface area contributed by atoms with Crippen LogP contribution in [0.3, 0.4) is 0 Å². The minimum absolute atomic E-state index is 0.118. The fourth-order valence-corrected chi connectivity index (χ4v) is 5.85. The summed E-state index contributed by atoms with van der Waals surface area (Å²) in [5, 5.41) is 0. The summed E-state index contributed by atoms with van der Waals surface area (Å²) in [6.07, 6.45) is 3.22. The molecule has 0 aliphatic carbocycles. The van der Waals surface area contributed by atoms with Gasteiger partial charge in [0, 0.05) is 31.2 Å². The fourth-order valence-electron chi connectivity index (χ4n) is 5.85. The number of likely N-dealkylation sites (tertiary alicyclic amines) is 1. The predicted octanol–water partition coefficient (Wildman–Crippen LogP) is 6.35. The summed E-state index contributed by atoms with van der Waals surface area (Å²) in [4.78, 5) is 17.3. The van der Waals surface area contributed by atoms with Gasteiger partial charge in [-0.3, -0.25) is 9.69 Å². The molecule has 0 bridgehead atoms. The summed E-state index contributed by atoms with van der Waals surface area (Å²) in [5.41, 5.74) is 5.62. The first-order chi connectivity index (χ1) is 15.9. The van der Waals surface area contributed by atoms with E-state index in [9.17, 15) is 9.18 Å². The second-order valence-electron chi connectivity index (χ2n) is 9.72. The molecule has 1 spiro atoms. The molecule has 2 heterocycles. The van der Waals surface area contributed by atoms with Crippen LogP contribution in [0.5, 0.6) is 0 Å². The lowest BCUT2D eigenvalue weighted by Crippen LogP contribution is -2.56. The second-order valence-corrected chi connectivity index (χ2v) is 9.72. The monoisotopic (exact) mass is 442 g/mol. The number of nitrogens with zero attached hydrogens (tertiary/aromatic N) is 2. The number of piperidine rings is 1. The highest BCUT2D eigenvalue weighted by atomic mass is 19.1. The molecule has 0 N–H and O–H groups in total. The Morgan fingerprint density at radius 1 is 1.00 bits per heavy atom. The van der Waals surface area contributed by atoms with Crippen LogP contribution in [0.15, 0.2) is 72.8 Å². The number of hydrogen-bond acceptors (Lipinski definition) is 2. The zero-order chi connectivity index (χ0) is 23.0. The molecule has 2 atom stereocenters. The van der Waals surface area contributed by atoms with Crippen molar-refractivity contribution in [1.82, 2.24) is 4.90 Å². The van der Waals surface area contributed by atoms with Crippen LogP contribution >= 0.6 is 0 Å². The van der Waals surface area contributed by atoms with Crippen LogP contribution in [-0.2, 0) is 11.3 Å². The lowest BCUT2D eigenvalue weighted by Gasteiger charge is -2.48. The third kappa shape index (κ3) is 4.20. The molecule has 2 aliphatic rings. The lowest BCUT2D eigenvalue weighted by atomic mass is 9.81. The number of benzene rings is 3. The Kier molecular flexibility index (Phi) is 5.79. The van der Waals surface area contributed by atoms with E-state index in [1.807, 2.05) is 11.0 Å². The van der Waals surface area contributed by atoms with Gasteiger partial charge < -0.3 is 4.90 Å². The number of carbonyl (C=O) groups is 1. The molecule has 2 saturated heterocycles. The van der Waals surface area contributed by atoms with Gasteiger partial charge in [0.2, 0.25) is 5.91 Å². The Morgan fingerprint density at radius 2 is 1.82 bits per heavy atom. The Balaban J connectivity index is 1.34. The van der Waals surface area contributed by atoms with Crippen molar-refractivity contribution < 1.29 is 9.18 Å². The number of anilines is 1. The number of halogens is 1. The third-order valence-electron chi connectivity index (χ3n) is 7.53. The van der Waals surface area contributed by atoms with Gasteiger partial charge >= 0.3 is 0 Å². The van der Waals surface area contributed by atoms with Gasteiger partial charge in [-0.2, -0.15) is 0 Å². The van der Waals surface area contributed by atoms with Crippen LogP contribution < -0.4 is 4.90 Å². The van der Waals surface area contributed by atoms with Gasteiger partial charge in [-0.05, 0) is 79.6 Å². The van der Waals surface area contributed by atoms with Crippen molar-refractivity contribution in [3.05, 3.63) is 89.7 Å². The van der Waals surface area contributed by atoms with Crippen molar-refractivity contribution in [3.8, 4) is 11.1 Å². The minimum atomic E-state index is -0.290. The molecule has 3 aromatic carbocycles. The zero-order valence-corrected chi connectivity index (χ0v) is 19.4. The zero-order valence-electron chi connectivity index (χ0n) is 19.4. The molecule has 3 nitrogen and oxygen atoms in total. The van der Waals surface area contributed by atoms with Crippen LogP contribution in [-0.4, -0.2) is 28.9 Å². The van der Waals surface area contributed by atoms with Crippen LogP contribution in [0.25, 0.3) is 11.1 Å². The van der Waals surface area contributed by atoms with Crippen molar-refractivity contribution in [2.24, 2.45) is 0 Å². The first kappa shape index (κ1) is 21.8. The van der Waals surface area contributed by atoms with E-state index in [0.717, 1.165) is 32.4 Å². The second kappa shape index (κ2) is 8.75. The number of amides is 1. The first-order valence-electron chi connectivity index (χ1n) is 11.9. The van der Waals surface area contributed by atoms with Gasteiger partial charge in [0.1, 0.15) is 5.82 Å². The fraction of sp³-hybridized carbons (Fsp3) is 0.345. The van der Waals surface area contributed by atoms with E-state index in [2.05, 4.69) is 67.3 Å². The van der Waals surface area contributed by atoms with E-state index in [4.69, 9.17) is 0 Å². The summed E-state index contributed by atoms with van der Waals surface area (Å²) in [6.45, 7) is 6.24. The Bertz CT molecular complexity index is 1180. The van der Waals surface area contributed by atoms with Crippen LogP contribution in [0.4, 0.5) is 10.1 Å². The van der Waals surface area contributed by atoms with E-state index >= 15 is 0 Å². The van der Waals surface area contributed by atoms with Crippen LogP contribution in [0.1, 0.15) is 43.7 Å². The summed E-state index contributed by atoms with van der Waals surface area (Å²) < 4.78 is 13.9. The standard InChI is InChI=1S/C29H31FN2O/c1-21-7-3-4-12-27(21)24-9-5-8-23(17-24)20-31-16-15-29(19-22(31)2)14-13-28(33)32(29)26-11-6-10-25(30)18-26/h3-12,17-18,22H,13-16,19-20H2,1-2H3/t22-,29+/m0/s1. The van der Waals surface area contributed by atoms with E-state index in [0.29, 0.717) is 18.2 Å². The quantitative estimate of drug-likeness (QED) is 0.470. The minimum Gasteiger partial charge on any atom is -0.306 e. The molecule has 0 aromatic heterocycles. The molecule has 1 amide bonds. The van der Waals surface area contributed by atoms with Gasteiger partial charge in [-0.15, -0.1) is 0 Å². The maximum absolute atomic E-state index is 13.9. The van der Waals surface area contributed by atoms with Crippen molar-refractivity contribution in [1.29, 1.82) is 0 Å². The Morgan fingerprint density at radius 3 is 2.61 bits per heavy atom.